The summed E-state index contributed by atoms with van der Waals surface area (Å²) in [5.41, 5.74) is 1.06. The van der Waals surface area contributed by atoms with Gasteiger partial charge in [0.2, 0.25) is 0 Å². The predicted octanol–water partition coefficient (Wildman–Crippen LogP) is 2.40. The van der Waals surface area contributed by atoms with E-state index >= 15 is 0 Å². The van der Waals surface area contributed by atoms with E-state index in [4.69, 9.17) is 18.7 Å². The van der Waals surface area contributed by atoms with Crippen LogP contribution < -0.4 is 14.3 Å². The Morgan fingerprint density at radius 2 is 1.96 bits per heavy atom. The second-order valence-corrected chi connectivity index (χ2v) is 6.45. The summed E-state index contributed by atoms with van der Waals surface area (Å²) in [6, 6.07) is 5.29. The zero-order valence-corrected chi connectivity index (χ0v) is 15.8. The largest absolute Gasteiger partial charge is 0.493 e. The van der Waals surface area contributed by atoms with Crippen molar-refractivity contribution in [3.05, 3.63) is 34.5 Å². The van der Waals surface area contributed by atoms with Crippen LogP contribution in [0.25, 0.3) is 10.2 Å². The highest BCUT2D eigenvalue weighted by molar-refractivity contribution is 7.16. The number of carbonyl (C=O) groups is 1. The molecule has 0 aliphatic rings. The van der Waals surface area contributed by atoms with E-state index in [0.29, 0.717) is 35.2 Å². The highest BCUT2D eigenvalue weighted by Gasteiger charge is 2.15. The Balaban J connectivity index is 2.16. The summed E-state index contributed by atoms with van der Waals surface area (Å²) in [6.45, 7) is 2.74. The zero-order valence-electron chi connectivity index (χ0n) is 14.9. The second kappa shape index (κ2) is 7.71. The third kappa shape index (κ3) is 3.49. The van der Waals surface area contributed by atoms with Gasteiger partial charge in [-0.1, -0.05) is 16.5 Å². The molecular weight excluding hydrogens is 358 g/mol. The summed E-state index contributed by atoms with van der Waals surface area (Å²) >= 11 is 1.38. The van der Waals surface area contributed by atoms with Gasteiger partial charge in [-0.25, -0.2) is 0 Å². The van der Waals surface area contributed by atoms with E-state index in [2.05, 4.69) is 10.1 Å². The lowest BCUT2D eigenvalue weighted by Crippen LogP contribution is -2.19. The minimum absolute atomic E-state index is 0.174. The number of aryl methyl sites for hydroxylation is 1. The minimum Gasteiger partial charge on any atom is -0.493 e. The summed E-state index contributed by atoms with van der Waals surface area (Å²) in [7, 11) is 4.79. The lowest BCUT2D eigenvalue weighted by atomic mass is 10.3. The molecule has 3 aromatic rings. The molecule has 0 aliphatic heterocycles. The number of thiazole rings is 1. The van der Waals surface area contributed by atoms with Crippen molar-refractivity contribution in [3.63, 3.8) is 0 Å². The Morgan fingerprint density at radius 1 is 1.23 bits per heavy atom. The molecule has 0 saturated heterocycles. The first-order chi connectivity index (χ1) is 12.6. The fourth-order valence-corrected chi connectivity index (χ4v) is 3.56. The predicted molar refractivity (Wildman–Crippen MR) is 95.9 cm³/mol. The lowest BCUT2D eigenvalue weighted by Gasteiger charge is -2.09. The third-order valence-corrected chi connectivity index (χ3v) is 4.79. The lowest BCUT2D eigenvalue weighted by molar-refractivity contribution is 0.0988. The normalized spacial score (nSPS) is 11.9. The second-order valence-electron chi connectivity index (χ2n) is 5.44. The average Bonchev–Trinajstić information content (AvgIpc) is 3.21. The topological polar surface area (TPSA) is 88.1 Å². The maximum Gasteiger partial charge on any atom is 0.301 e. The van der Waals surface area contributed by atoms with Crippen LogP contribution >= 0.6 is 11.3 Å². The molecule has 0 saturated carbocycles. The van der Waals surface area contributed by atoms with Crippen molar-refractivity contribution in [2.24, 2.45) is 4.99 Å². The number of amides is 1. The number of aromatic nitrogens is 2. The average molecular weight is 377 g/mol. The number of hydrogen-bond donors (Lipinski definition) is 0. The highest BCUT2D eigenvalue weighted by Crippen LogP contribution is 2.33. The van der Waals surface area contributed by atoms with Gasteiger partial charge in [0, 0.05) is 31.9 Å². The van der Waals surface area contributed by atoms with Crippen molar-refractivity contribution in [1.82, 2.24) is 9.72 Å². The van der Waals surface area contributed by atoms with Crippen molar-refractivity contribution in [2.45, 2.75) is 13.5 Å². The molecule has 3 rings (SSSR count). The summed E-state index contributed by atoms with van der Waals surface area (Å²) in [6.07, 6.45) is 0. The molecule has 2 aromatic heterocycles. The van der Waals surface area contributed by atoms with Crippen LogP contribution in [0.2, 0.25) is 0 Å². The molecule has 0 atom stereocenters. The molecule has 0 spiro atoms. The van der Waals surface area contributed by atoms with Crippen molar-refractivity contribution >= 4 is 27.5 Å². The number of methoxy groups -OCH3 is 3. The van der Waals surface area contributed by atoms with E-state index in [1.54, 1.807) is 34.3 Å². The van der Waals surface area contributed by atoms with Crippen LogP contribution in [0.4, 0.5) is 0 Å². The number of hydrogen-bond acceptors (Lipinski definition) is 7. The number of rotatable bonds is 6. The maximum atomic E-state index is 12.4. The number of benzene rings is 1. The van der Waals surface area contributed by atoms with Crippen LogP contribution in [0.5, 0.6) is 11.5 Å². The third-order valence-electron chi connectivity index (χ3n) is 3.75. The van der Waals surface area contributed by atoms with Crippen molar-refractivity contribution in [1.29, 1.82) is 0 Å². The molecule has 8 nitrogen and oxygen atoms in total. The van der Waals surface area contributed by atoms with Crippen molar-refractivity contribution in [2.75, 3.05) is 27.9 Å². The van der Waals surface area contributed by atoms with E-state index in [9.17, 15) is 4.79 Å². The molecule has 9 heteroatoms. The highest BCUT2D eigenvalue weighted by atomic mass is 32.1. The molecule has 0 unspecified atom stereocenters. The molecule has 26 heavy (non-hydrogen) atoms. The number of fused-ring (bicyclic) bond motifs is 1. The molecular formula is C17H19N3O5S. The van der Waals surface area contributed by atoms with Crippen LogP contribution in [0.15, 0.2) is 27.7 Å². The van der Waals surface area contributed by atoms with Crippen LogP contribution in [0, 0.1) is 6.92 Å². The Hall–Kier alpha value is -2.65. The van der Waals surface area contributed by atoms with E-state index in [0.717, 1.165) is 10.2 Å². The number of nitrogens with zero attached hydrogens (tertiary/aromatic N) is 3. The Morgan fingerprint density at radius 3 is 2.58 bits per heavy atom. The van der Waals surface area contributed by atoms with Gasteiger partial charge in [0.1, 0.15) is 5.76 Å². The van der Waals surface area contributed by atoms with Gasteiger partial charge in [-0.05, 0) is 6.92 Å². The van der Waals surface area contributed by atoms with E-state index in [-0.39, 0.29) is 5.69 Å². The summed E-state index contributed by atoms with van der Waals surface area (Å²) < 4.78 is 23.7. The van der Waals surface area contributed by atoms with Crippen LogP contribution in [0.1, 0.15) is 16.2 Å². The van der Waals surface area contributed by atoms with Crippen LogP contribution in [-0.2, 0) is 11.3 Å². The molecule has 2 heterocycles. The van der Waals surface area contributed by atoms with Crippen molar-refractivity contribution < 1.29 is 23.5 Å². The standard InChI is InChI=1S/C17H19N3O5S/c1-10-7-11(19-25-10)16(21)18-17-20(5-6-22-2)12-8-13(23-3)14(24-4)9-15(12)26-17/h7-9H,5-6H2,1-4H3. The molecule has 1 amide bonds. The van der Waals surface area contributed by atoms with Crippen LogP contribution in [-0.4, -0.2) is 43.6 Å². The van der Waals surface area contributed by atoms with Gasteiger partial charge in [-0.2, -0.15) is 4.99 Å². The first kappa shape index (κ1) is 18.2. The molecule has 0 bridgehead atoms. The number of ether oxygens (including phenoxy) is 3. The van der Waals surface area contributed by atoms with Crippen LogP contribution in [0.3, 0.4) is 0 Å². The first-order valence-corrected chi connectivity index (χ1v) is 8.65. The number of carbonyl (C=O) groups excluding carboxylic acids is 1. The Bertz CT molecular complexity index is 1000. The van der Waals surface area contributed by atoms with Gasteiger partial charge in [0.05, 0.1) is 31.0 Å². The fraction of sp³-hybridized carbons (Fsp3) is 0.353. The molecule has 1 aromatic carbocycles. The zero-order chi connectivity index (χ0) is 18.7. The quantitative estimate of drug-likeness (QED) is 0.655. The fourth-order valence-electron chi connectivity index (χ4n) is 2.49. The molecule has 138 valence electrons. The van der Waals surface area contributed by atoms with E-state index < -0.39 is 5.91 Å². The van der Waals surface area contributed by atoms with Crippen molar-refractivity contribution in [3.8, 4) is 11.5 Å². The maximum absolute atomic E-state index is 12.4. The monoisotopic (exact) mass is 377 g/mol. The van der Waals surface area contributed by atoms with E-state index in [1.807, 2.05) is 16.7 Å². The molecule has 0 radical (unpaired) electrons. The van der Waals surface area contributed by atoms with Gasteiger partial charge >= 0.3 is 5.91 Å². The molecule has 0 aliphatic carbocycles. The molecule has 0 fully saturated rings. The Kier molecular flexibility index (Phi) is 5.38. The van der Waals surface area contributed by atoms with Gasteiger partial charge in [-0.3, -0.25) is 4.79 Å². The minimum atomic E-state index is -0.460. The van der Waals surface area contributed by atoms with Gasteiger partial charge in [0.15, 0.2) is 22.0 Å². The summed E-state index contributed by atoms with van der Waals surface area (Å²) in [4.78, 5) is 17.2. The Labute approximate surface area is 153 Å². The van der Waals surface area contributed by atoms with Gasteiger partial charge < -0.3 is 23.3 Å². The summed E-state index contributed by atoms with van der Waals surface area (Å²) in [5.74, 6) is 1.32. The SMILES string of the molecule is COCCn1c(=NC(=O)c2cc(C)on2)sc2cc(OC)c(OC)cc21. The summed E-state index contributed by atoms with van der Waals surface area (Å²) in [5, 5.41) is 3.72. The first-order valence-electron chi connectivity index (χ1n) is 7.84. The van der Waals surface area contributed by atoms with Gasteiger partial charge in [0.25, 0.3) is 0 Å². The van der Waals surface area contributed by atoms with E-state index in [1.165, 1.54) is 11.3 Å². The van der Waals surface area contributed by atoms with Gasteiger partial charge in [-0.15, -0.1) is 0 Å². The molecule has 0 N–H and O–H groups in total. The smallest absolute Gasteiger partial charge is 0.301 e.